The van der Waals surface area contributed by atoms with Crippen LogP contribution in [0.1, 0.15) is 18.4 Å². The van der Waals surface area contributed by atoms with Gasteiger partial charge in [0, 0.05) is 31.4 Å². The number of hydrogen-bond donors (Lipinski definition) is 0. The highest BCUT2D eigenvalue weighted by atomic mass is 32.2. The molecule has 2 fully saturated rings. The maximum absolute atomic E-state index is 12.5. The fourth-order valence-electron chi connectivity index (χ4n) is 3.80. The van der Waals surface area contributed by atoms with Crippen LogP contribution < -0.4 is 4.90 Å². The highest BCUT2D eigenvalue weighted by Crippen LogP contribution is 2.57. The third kappa shape index (κ3) is 3.06. The van der Waals surface area contributed by atoms with Gasteiger partial charge in [0.05, 0.1) is 17.9 Å². The Labute approximate surface area is 158 Å². The largest absolute Gasteiger partial charge is 0.523 e. The quantitative estimate of drug-likeness (QED) is 0.562. The zero-order valence-electron chi connectivity index (χ0n) is 14.5. The van der Waals surface area contributed by atoms with Gasteiger partial charge in [0.25, 0.3) is 0 Å². The van der Waals surface area contributed by atoms with Crippen LogP contribution in [0.4, 0.5) is 18.9 Å². The van der Waals surface area contributed by atoms with Crippen molar-refractivity contribution in [3.05, 3.63) is 30.1 Å². The van der Waals surface area contributed by atoms with E-state index in [9.17, 15) is 26.9 Å². The van der Waals surface area contributed by atoms with Crippen LogP contribution in [-0.4, -0.2) is 43.6 Å². The molecule has 1 unspecified atom stereocenters. The van der Waals surface area contributed by atoms with Crippen molar-refractivity contribution in [2.24, 2.45) is 11.3 Å². The predicted octanol–water partition coefficient (Wildman–Crippen LogP) is 2.58. The zero-order valence-corrected chi connectivity index (χ0v) is 15.3. The Kier molecular flexibility index (Phi) is 4.24. The van der Waals surface area contributed by atoms with Gasteiger partial charge >= 0.3 is 15.6 Å². The monoisotopic (exact) mass is 412 g/mol. The smallest absolute Gasteiger partial charge is 0.369 e. The molecule has 11 heteroatoms. The first kappa shape index (κ1) is 18.9. The minimum Gasteiger partial charge on any atom is -0.369 e. The van der Waals surface area contributed by atoms with Crippen molar-refractivity contribution in [3.8, 4) is 6.07 Å². The Bertz CT molecular complexity index is 1080. The van der Waals surface area contributed by atoms with Crippen LogP contribution in [0.25, 0.3) is 11.0 Å². The standard InChI is InChI=1S/C17H15F3N4O3S/c18-17(19,20)28(25,26)27-9-12-8-24(10-16(12)3-4-16)13-2-1-11(7-21)14-15(13)23-6-5-22-14/h1-2,5-6,12H,3-4,8-10H2. The Balaban J connectivity index is 1.60. The van der Waals surface area contributed by atoms with Crippen LogP contribution in [0.3, 0.4) is 0 Å². The van der Waals surface area contributed by atoms with E-state index >= 15 is 0 Å². The molecule has 2 aromatic rings. The molecule has 148 valence electrons. The fraction of sp³-hybridized carbons (Fsp3) is 0.471. The first-order chi connectivity index (χ1) is 13.2. The lowest BCUT2D eigenvalue weighted by molar-refractivity contribution is -0.0553. The Morgan fingerprint density at radius 1 is 1.25 bits per heavy atom. The molecule has 1 aliphatic heterocycles. The second-order valence-electron chi connectivity index (χ2n) is 7.12. The zero-order chi connectivity index (χ0) is 20.2. The van der Waals surface area contributed by atoms with Gasteiger partial charge in [-0.1, -0.05) is 0 Å². The molecule has 1 atom stereocenters. The molecule has 1 spiro atoms. The molecule has 1 aliphatic carbocycles. The number of alkyl halides is 3. The number of hydrogen-bond acceptors (Lipinski definition) is 7. The molecular weight excluding hydrogens is 397 g/mol. The topological polar surface area (TPSA) is 96.2 Å². The first-order valence-corrected chi connectivity index (χ1v) is 9.92. The predicted molar refractivity (Wildman–Crippen MR) is 92.5 cm³/mol. The molecule has 2 aliphatic rings. The summed E-state index contributed by atoms with van der Waals surface area (Å²) in [6, 6.07) is 5.43. The third-order valence-corrected chi connectivity index (χ3v) is 6.49. The first-order valence-electron chi connectivity index (χ1n) is 8.51. The molecule has 1 aromatic carbocycles. The maximum atomic E-state index is 12.5. The molecular formula is C17H15F3N4O3S. The summed E-state index contributed by atoms with van der Waals surface area (Å²) in [6.45, 7) is 0.383. The van der Waals surface area contributed by atoms with Crippen molar-refractivity contribution < 1.29 is 25.8 Å². The lowest BCUT2D eigenvalue weighted by atomic mass is 9.94. The lowest BCUT2D eigenvalue weighted by Crippen LogP contribution is -2.30. The fourth-order valence-corrected chi connectivity index (χ4v) is 4.28. The summed E-state index contributed by atoms with van der Waals surface area (Å²) in [5.74, 6) is -0.355. The molecule has 7 nitrogen and oxygen atoms in total. The van der Waals surface area contributed by atoms with Gasteiger partial charge in [0.1, 0.15) is 17.1 Å². The highest BCUT2D eigenvalue weighted by Gasteiger charge is 2.56. The third-order valence-electron chi connectivity index (χ3n) is 5.48. The van der Waals surface area contributed by atoms with Crippen LogP contribution in [-0.2, 0) is 14.3 Å². The second kappa shape index (κ2) is 6.28. The highest BCUT2D eigenvalue weighted by molar-refractivity contribution is 7.87. The van der Waals surface area contributed by atoms with Crippen LogP contribution >= 0.6 is 0 Å². The van der Waals surface area contributed by atoms with E-state index in [-0.39, 0.29) is 11.3 Å². The Hall–Kier alpha value is -2.45. The molecule has 0 radical (unpaired) electrons. The number of anilines is 1. The van der Waals surface area contributed by atoms with E-state index in [1.807, 2.05) is 4.90 Å². The molecule has 0 amide bonds. The van der Waals surface area contributed by atoms with Gasteiger partial charge in [-0.25, -0.2) is 0 Å². The normalized spacial score (nSPS) is 21.2. The van der Waals surface area contributed by atoms with Gasteiger partial charge in [-0.05, 0) is 30.4 Å². The summed E-state index contributed by atoms with van der Waals surface area (Å²) in [5, 5.41) is 9.24. The van der Waals surface area contributed by atoms with Crippen molar-refractivity contribution in [1.29, 1.82) is 5.26 Å². The van der Waals surface area contributed by atoms with Crippen LogP contribution in [0.15, 0.2) is 24.5 Å². The Morgan fingerprint density at radius 2 is 1.93 bits per heavy atom. The van der Waals surface area contributed by atoms with Crippen LogP contribution in [0.2, 0.25) is 0 Å². The number of nitrogens with zero attached hydrogens (tertiary/aromatic N) is 4. The average Bonchev–Trinajstić information content (AvgIpc) is 3.33. The number of halogens is 3. The van der Waals surface area contributed by atoms with E-state index in [2.05, 4.69) is 20.2 Å². The van der Waals surface area contributed by atoms with Gasteiger partial charge in [-0.3, -0.25) is 14.2 Å². The summed E-state index contributed by atoms with van der Waals surface area (Å²) in [7, 11) is -5.61. The summed E-state index contributed by atoms with van der Waals surface area (Å²) in [4.78, 5) is 10.5. The second-order valence-corrected chi connectivity index (χ2v) is 8.73. The van der Waals surface area contributed by atoms with Gasteiger partial charge in [-0.2, -0.15) is 26.9 Å². The van der Waals surface area contributed by atoms with Crippen LogP contribution in [0, 0.1) is 22.7 Å². The average molecular weight is 412 g/mol. The van der Waals surface area contributed by atoms with Crippen molar-refractivity contribution in [2.75, 3.05) is 24.6 Å². The van der Waals surface area contributed by atoms with E-state index in [1.165, 1.54) is 12.4 Å². The minimum atomic E-state index is -5.61. The number of aromatic nitrogens is 2. The van der Waals surface area contributed by atoms with Gasteiger partial charge in [0.2, 0.25) is 0 Å². The van der Waals surface area contributed by atoms with Crippen LogP contribution in [0.5, 0.6) is 0 Å². The number of benzene rings is 1. The van der Waals surface area contributed by atoms with E-state index in [0.717, 1.165) is 18.5 Å². The summed E-state index contributed by atoms with van der Waals surface area (Å²) < 4.78 is 64.4. The number of fused-ring (bicyclic) bond motifs is 1. The van der Waals surface area contributed by atoms with Crippen molar-refractivity contribution >= 4 is 26.8 Å². The maximum Gasteiger partial charge on any atom is 0.523 e. The molecule has 0 bridgehead atoms. The van der Waals surface area contributed by atoms with E-state index in [0.29, 0.717) is 29.7 Å². The minimum absolute atomic E-state index is 0.260. The van der Waals surface area contributed by atoms with Gasteiger partial charge < -0.3 is 4.90 Å². The van der Waals surface area contributed by atoms with E-state index in [4.69, 9.17) is 0 Å². The van der Waals surface area contributed by atoms with Gasteiger partial charge in [0.15, 0.2) is 0 Å². The van der Waals surface area contributed by atoms with E-state index < -0.39 is 22.2 Å². The lowest BCUT2D eigenvalue weighted by Gasteiger charge is -2.20. The molecule has 2 heterocycles. The number of nitriles is 1. The van der Waals surface area contributed by atoms with E-state index in [1.54, 1.807) is 12.1 Å². The summed E-state index contributed by atoms with van der Waals surface area (Å²) in [6.07, 6.45) is 4.58. The van der Waals surface area contributed by atoms with Crippen molar-refractivity contribution in [3.63, 3.8) is 0 Å². The molecule has 0 N–H and O–H groups in total. The Morgan fingerprint density at radius 3 is 2.54 bits per heavy atom. The molecule has 1 saturated carbocycles. The van der Waals surface area contributed by atoms with Gasteiger partial charge in [-0.15, -0.1) is 0 Å². The van der Waals surface area contributed by atoms with Crippen molar-refractivity contribution in [2.45, 2.75) is 18.3 Å². The molecule has 28 heavy (non-hydrogen) atoms. The van der Waals surface area contributed by atoms with Crippen molar-refractivity contribution in [1.82, 2.24) is 9.97 Å². The molecule has 1 saturated heterocycles. The summed E-state index contributed by atoms with van der Waals surface area (Å²) >= 11 is 0. The summed E-state index contributed by atoms with van der Waals surface area (Å²) in [5.41, 5.74) is -3.61. The SMILES string of the molecule is N#Cc1ccc(N2CC(COS(=O)(=O)C(F)(F)F)C3(CC3)C2)c2nccnc12. The molecule has 4 rings (SSSR count). The molecule has 1 aromatic heterocycles. The number of rotatable bonds is 4.